The second kappa shape index (κ2) is 3.73. The van der Waals surface area contributed by atoms with E-state index in [1.54, 1.807) is 0 Å². The number of ether oxygens (including phenoxy) is 1. The molecule has 0 saturated carbocycles. The van der Waals surface area contributed by atoms with Gasteiger partial charge in [0.05, 0.1) is 6.10 Å². The van der Waals surface area contributed by atoms with Crippen molar-refractivity contribution >= 4 is 0 Å². The first-order chi connectivity index (χ1) is 5.58. The van der Waals surface area contributed by atoms with Crippen LogP contribution in [-0.4, -0.2) is 30.5 Å². The molecule has 1 saturated heterocycles. The molecule has 3 nitrogen and oxygen atoms in total. The Labute approximate surface area is 73.9 Å². The van der Waals surface area contributed by atoms with E-state index in [1.165, 1.54) is 0 Å². The lowest BCUT2D eigenvalue weighted by Crippen LogP contribution is -2.48. The van der Waals surface area contributed by atoms with Gasteiger partial charge in [-0.05, 0) is 12.8 Å². The zero-order valence-electron chi connectivity index (χ0n) is 7.92. The molecule has 1 fully saturated rings. The fourth-order valence-corrected chi connectivity index (χ4v) is 1.49. The molecular weight excluding hydrogens is 154 g/mol. The van der Waals surface area contributed by atoms with Crippen LogP contribution in [0.2, 0.25) is 0 Å². The van der Waals surface area contributed by atoms with E-state index in [0.717, 1.165) is 19.4 Å². The molecule has 3 N–H and O–H groups in total. The maximum atomic E-state index is 9.09. The highest BCUT2D eigenvalue weighted by Crippen LogP contribution is 2.26. The van der Waals surface area contributed by atoms with Crippen molar-refractivity contribution < 1.29 is 9.84 Å². The quantitative estimate of drug-likeness (QED) is 0.654. The summed E-state index contributed by atoms with van der Waals surface area (Å²) in [4.78, 5) is 0. The third-order valence-electron chi connectivity index (χ3n) is 2.68. The van der Waals surface area contributed by atoms with Gasteiger partial charge >= 0.3 is 0 Å². The SMILES string of the molecule is CC(C)(CO)C(N)C1CCCO1. The molecule has 1 aliphatic rings. The van der Waals surface area contributed by atoms with Crippen LogP contribution in [0.1, 0.15) is 26.7 Å². The van der Waals surface area contributed by atoms with Crippen LogP contribution in [0.5, 0.6) is 0 Å². The van der Waals surface area contributed by atoms with Crippen LogP contribution >= 0.6 is 0 Å². The van der Waals surface area contributed by atoms with Gasteiger partial charge in [-0.1, -0.05) is 13.8 Å². The molecule has 12 heavy (non-hydrogen) atoms. The lowest BCUT2D eigenvalue weighted by Gasteiger charge is -2.33. The Morgan fingerprint density at radius 2 is 2.33 bits per heavy atom. The van der Waals surface area contributed by atoms with E-state index in [9.17, 15) is 0 Å². The van der Waals surface area contributed by atoms with E-state index in [2.05, 4.69) is 0 Å². The number of hydrogen-bond donors (Lipinski definition) is 2. The molecule has 0 spiro atoms. The van der Waals surface area contributed by atoms with Gasteiger partial charge in [-0.2, -0.15) is 0 Å². The van der Waals surface area contributed by atoms with Crippen molar-refractivity contribution in [1.82, 2.24) is 0 Å². The van der Waals surface area contributed by atoms with Gasteiger partial charge in [0.25, 0.3) is 0 Å². The fourth-order valence-electron chi connectivity index (χ4n) is 1.49. The van der Waals surface area contributed by atoms with Crippen molar-refractivity contribution in [1.29, 1.82) is 0 Å². The molecule has 0 aromatic carbocycles. The number of rotatable bonds is 3. The number of nitrogens with two attached hydrogens (primary N) is 1. The van der Waals surface area contributed by atoms with Gasteiger partial charge in [-0.15, -0.1) is 0 Å². The molecule has 3 heteroatoms. The first-order valence-electron chi connectivity index (χ1n) is 4.56. The van der Waals surface area contributed by atoms with Gasteiger partial charge in [0.2, 0.25) is 0 Å². The molecule has 0 amide bonds. The highest BCUT2D eigenvalue weighted by molar-refractivity contribution is 4.88. The monoisotopic (exact) mass is 173 g/mol. The van der Waals surface area contributed by atoms with Gasteiger partial charge in [0.15, 0.2) is 0 Å². The molecule has 72 valence electrons. The van der Waals surface area contributed by atoms with E-state index in [1.807, 2.05) is 13.8 Å². The zero-order chi connectivity index (χ0) is 9.19. The van der Waals surface area contributed by atoms with Gasteiger partial charge in [0, 0.05) is 24.7 Å². The molecule has 0 bridgehead atoms. The second-order valence-corrected chi connectivity index (χ2v) is 4.22. The number of aliphatic hydroxyl groups is 1. The summed E-state index contributed by atoms with van der Waals surface area (Å²) in [5, 5.41) is 9.09. The standard InChI is InChI=1S/C9H19NO2/c1-9(2,6-11)8(10)7-4-3-5-12-7/h7-8,11H,3-6,10H2,1-2H3. The lowest BCUT2D eigenvalue weighted by molar-refractivity contribution is 0.0259. The van der Waals surface area contributed by atoms with E-state index in [-0.39, 0.29) is 24.2 Å². The average Bonchev–Trinajstić information content (AvgIpc) is 2.55. The maximum absolute atomic E-state index is 9.09. The van der Waals surface area contributed by atoms with Gasteiger partial charge < -0.3 is 15.6 Å². The Morgan fingerprint density at radius 1 is 1.67 bits per heavy atom. The third-order valence-corrected chi connectivity index (χ3v) is 2.68. The molecule has 1 aliphatic heterocycles. The van der Waals surface area contributed by atoms with E-state index >= 15 is 0 Å². The number of hydrogen-bond acceptors (Lipinski definition) is 3. The van der Waals surface area contributed by atoms with Crippen LogP contribution < -0.4 is 5.73 Å². The van der Waals surface area contributed by atoms with Crippen LogP contribution in [0.15, 0.2) is 0 Å². The Kier molecular flexibility index (Phi) is 3.09. The van der Waals surface area contributed by atoms with E-state index in [4.69, 9.17) is 15.6 Å². The summed E-state index contributed by atoms with van der Waals surface area (Å²) < 4.78 is 5.47. The van der Waals surface area contributed by atoms with Crippen molar-refractivity contribution in [2.24, 2.45) is 11.1 Å². The summed E-state index contributed by atoms with van der Waals surface area (Å²) >= 11 is 0. The topological polar surface area (TPSA) is 55.5 Å². The predicted octanol–water partition coefficient (Wildman–Crippen LogP) is 0.511. The van der Waals surface area contributed by atoms with Crippen LogP contribution in [0.3, 0.4) is 0 Å². The Balaban J connectivity index is 2.50. The Bertz CT molecular complexity index is 141. The van der Waals surface area contributed by atoms with Crippen molar-refractivity contribution in [3.63, 3.8) is 0 Å². The van der Waals surface area contributed by atoms with Crippen molar-refractivity contribution in [3.8, 4) is 0 Å². The Hall–Kier alpha value is -0.120. The smallest absolute Gasteiger partial charge is 0.0732 e. The Morgan fingerprint density at radius 3 is 2.75 bits per heavy atom. The lowest BCUT2D eigenvalue weighted by atomic mass is 9.82. The minimum atomic E-state index is -0.227. The molecule has 1 rings (SSSR count). The van der Waals surface area contributed by atoms with Crippen molar-refractivity contribution in [3.05, 3.63) is 0 Å². The summed E-state index contributed by atoms with van der Waals surface area (Å²) in [6.07, 6.45) is 2.27. The van der Waals surface area contributed by atoms with E-state index in [0.29, 0.717) is 0 Å². The first kappa shape index (κ1) is 9.96. The first-order valence-corrected chi connectivity index (χ1v) is 4.56. The predicted molar refractivity (Wildman–Crippen MR) is 47.8 cm³/mol. The highest BCUT2D eigenvalue weighted by atomic mass is 16.5. The van der Waals surface area contributed by atoms with Gasteiger partial charge in [-0.3, -0.25) is 0 Å². The third kappa shape index (κ3) is 1.97. The molecule has 1 heterocycles. The van der Waals surface area contributed by atoms with Crippen LogP contribution in [0, 0.1) is 5.41 Å². The summed E-state index contributed by atoms with van der Waals surface area (Å²) in [5.74, 6) is 0. The molecule has 0 radical (unpaired) electrons. The maximum Gasteiger partial charge on any atom is 0.0732 e. The largest absolute Gasteiger partial charge is 0.396 e. The molecule has 2 atom stereocenters. The minimum absolute atomic E-state index is 0.0509. The van der Waals surface area contributed by atoms with Gasteiger partial charge in [-0.25, -0.2) is 0 Å². The van der Waals surface area contributed by atoms with E-state index < -0.39 is 0 Å². The zero-order valence-corrected chi connectivity index (χ0v) is 7.92. The summed E-state index contributed by atoms with van der Waals surface area (Å²) in [7, 11) is 0. The highest BCUT2D eigenvalue weighted by Gasteiger charge is 2.34. The average molecular weight is 173 g/mol. The molecule has 0 aromatic rings. The van der Waals surface area contributed by atoms with Crippen LogP contribution in [0.4, 0.5) is 0 Å². The van der Waals surface area contributed by atoms with Crippen LogP contribution in [-0.2, 0) is 4.74 Å². The summed E-state index contributed by atoms with van der Waals surface area (Å²) in [6, 6.07) is -0.0509. The minimum Gasteiger partial charge on any atom is -0.396 e. The van der Waals surface area contributed by atoms with Crippen molar-refractivity contribution in [2.45, 2.75) is 38.8 Å². The summed E-state index contributed by atoms with van der Waals surface area (Å²) in [6.45, 7) is 4.88. The number of aliphatic hydroxyl groups excluding tert-OH is 1. The van der Waals surface area contributed by atoms with Gasteiger partial charge in [0.1, 0.15) is 0 Å². The van der Waals surface area contributed by atoms with Crippen molar-refractivity contribution in [2.75, 3.05) is 13.2 Å². The molecule has 0 aliphatic carbocycles. The normalized spacial score (nSPS) is 27.5. The second-order valence-electron chi connectivity index (χ2n) is 4.22. The summed E-state index contributed by atoms with van der Waals surface area (Å²) in [5.41, 5.74) is 5.76. The van der Waals surface area contributed by atoms with Crippen LogP contribution in [0.25, 0.3) is 0 Å². The fraction of sp³-hybridized carbons (Fsp3) is 1.00. The molecular formula is C9H19NO2. The molecule has 2 unspecified atom stereocenters. The molecule has 0 aromatic heterocycles.